The van der Waals surface area contributed by atoms with E-state index < -0.39 is 17.1 Å². The molecule has 2 radical (unpaired) electrons. The van der Waals surface area contributed by atoms with Crippen molar-refractivity contribution in [2.45, 2.75) is 40.7 Å². The van der Waals surface area contributed by atoms with Crippen LogP contribution in [0.2, 0.25) is 0 Å². The third kappa shape index (κ3) is 7.57. The number of likely N-dealkylation sites (N-methyl/N-ethyl adjacent to an activating group) is 1. The molecule has 0 aliphatic heterocycles. The topological polar surface area (TPSA) is 15.3 Å². The summed E-state index contributed by atoms with van der Waals surface area (Å²) in [7, 11) is 9.32. The van der Waals surface area contributed by atoms with Crippen LogP contribution >= 0.6 is 0 Å². The Labute approximate surface area is 159 Å². The van der Waals surface area contributed by atoms with Crippen LogP contribution in [0, 0.1) is 5.41 Å². The molecule has 2 nitrogen and oxygen atoms in total. The van der Waals surface area contributed by atoms with E-state index in [2.05, 4.69) is 56.8 Å². The number of rotatable bonds is 8. The van der Waals surface area contributed by atoms with Crippen molar-refractivity contribution in [1.82, 2.24) is 10.2 Å². The summed E-state index contributed by atoms with van der Waals surface area (Å²) in [5.74, 6) is -1.90. The Morgan fingerprint density at radius 1 is 1.12 bits per heavy atom. The highest BCUT2D eigenvalue weighted by atomic mass is 19.1. The third-order valence-electron chi connectivity index (χ3n) is 3.79. The molecule has 0 rings (SSSR count). The van der Waals surface area contributed by atoms with Crippen LogP contribution in [0.1, 0.15) is 34.6 Å². The van der Waals surface area contributed by atoms with Crippen LogP contribution in [0.3, 0.4) is 0 Å². The Bertz CT molecular complexity index is 662. The van der Waals surface area contributed by atoms with E-state index in [4.69, 9.17) is 7.85 Å². The van der Waals surface area contributed by atoms with Crippen molar-refractivity contribution >= 4 is 7.85 Å². The summed E-state index contributed by atoms with van der Waals surface area (Å²) in [5, 5.41) is 3.02. The van der Waals surface area contributed by atoms with Gasteiger partial charge in [-0.1, -0.05) is 46.6 Å². The normalized spacial score (nSPS) is 15.5. The van der Waals surface area contributed by atoms with Gasteiger partial charge in [-0.05, 0) is 56.1 Å². The minimum atomic E-state index is -1.01. The van der Waals surface area contributed by atoms with Crippen LogP contribution in [0.4, 0.5) is 8.78 Å². The standard InChI is InChI=1S/C21H31BF2N2/c1-13(2)17(12-19(26(9)10)21(6,7)8)16(5)25-14(3)11-18(24)20(22)15(4)23/h11-12,19,25H,1,4-5H2,2-3,6-10H3/b14-11+,17-12+,20-18-. The van der Waals surface area contributed by atoms with Crippen LogP contribution < -0.4 is 5.32 Å². The number of hydrogen-bond donors (Lipinski definition) is 1. The van der Waals surface area contributed by atoms with Gasteiger partial charge in [0.15, 0.2) is 0 Å². The summed E-state index contributed by atoms with van der Waals surface area (Å²) in [5.41, 5.74) is 2.07. The van der Waals surface area contributed by atoms with Crippen LogP contribution in [-0.2, 0) is 0 Å². The van der Waals surface area contributed by atoms with E-state index >= 15 is 0 Å². The third-order valence-corrected chi connectivity index (χ3v) is 3.79. The van der Waals surface area contributed by atoms with Gasteiger partial charge in [0.1, 0.15) is 19.5 Å². The van der Waals surface area contributed by atoms with E-state index in [9.17, 15) is 8.78 Å². The van der Waals surface area contributed by atoms with E-state index in [1.165, 1.54) is 0 Å². The average molecular weight is 360 g/mol. The molecular formula is C21H31BF2N2. The van der Waals surface area contributed by atoms with Gasteiger partial charge in [-0.3, -0.25) is 0 Å². The molecule has 1 N–H and O–H groups in total. The Balaban J connectivity index is 5.71. The molecule has 0 aromatic heterocycles. The van der Waals surface area contributed by atoms with E-state index in [1.54, 1.807) is 6.92 Å². The fraction of sp³-hybridized carbons (Fsp3) is 0.429. The Morgan fingerprint density at radius 2 is 1.62 bits per heavy atom. The molecule has 0 saturated carbocycles. The van der Waals surface area contributed by atoms with Gasteiger partial charge in [0, 0.05) is 17.4 Å². The highest BCUT2D eigenvalue weighted by molar-refractivity contribution is 6.24. The van der Waals surface area contributed by atoms with Crippen molar-refractivity contribution in [3.05, 3.63) is 71.6 Å². The summed E-state index contributed by atoms with van der Waals surface area (Å²) < 4.78 is 26.8. The quantitative estimate of drug-likeness (QED) is 0.466. The van der Waals surface area contributed by atoms with Gasteiger partial charge >= 0.3 is 0 Å². The second kappa shape index (κ2) is 9.72. The Kier molecular flexibility index (Phi) is 9.02. The number of nitrogens with zero attached hydrogens (tertiary/aromatic N) is 1. The van der Waals surface area contributed by atoms with Crippen molar-refractivity contribution in [1.29, 1.82) is 0 Å². The molecule has 0 bridgehead atoms. The van der Waals surface area contributed by atoms with E-state index in [-0.39, 0.29) is 11.5 Å². The van der Waals surface area contributed by atoms with E-state index in [1.807, 2.05) is 21.0 Å². The minimum absolute atomic E-state index is 0.000147. The van der Waals surface area contributed by atoms with E-state index in [0.29, 0.717) is 11.4 Å². The molecule has 0 heterocycles. The fourth-order valence-electron chi connectivity index (χ4n) is 2.57. The van der Waals surface area contributed by atoms with Crippen LogP contribution in [0.5, 0.6) is 0 Å². The second-order valence-corrected chi connectivity index (χ2v) is 7.73. The maximum Gasteiger partial charge on any atom is 0.122 e. The molecule has 0 fully saturated rings. The lowest BCUT2D eigenvalue weighted by Crippen LogP contribution is -2.38. The summed E-state index contributed by atoms with van der Waals surface area (Å²) in [6, 6.07) is 0.138. The van der Waals surface area contributed by atoms with Crippen molar-refractivity contribution in [3.8, 4) is 0 Å². The van der Waals surface area contributed by atoms with Crippen LogP contribution in [-0.4, -0.2) is 32.9 Å². The van der Waals surface area contributed by atoms with Crippen molar-refractivity contribution in [3.63, 3.8) is 0 Å². The maximum atomic E-state index is 13.8. The zero-order valence-corrected chi connectivity index (χ0v) is 17.1. The molecule has 0 aliphatic carbocycles. The number of hydrogen-bond acceptors (Lipinski definition) is 2. The number of halogens is 2. The summed E-state index contributed by atoms with van der Waals surface area (Å²) in [4.78, 5) is 2.12. The van der Waals surface area contributed by atoms with Gasteiger partial charge in [-0.15, -0.1) is 0 Å². The monoisotopic (exact) mass is 360 g/mol. The predicted octanol–water partition coefficient (Wildman–Crippen LogP) is 5.31. The van der Waals surface area contributed by atoms with Gasteiger partial charge in [0.05, 0.1) is 0 Å². The Morgan fingerprint density at radius 3 is 1.96 bits per heavy atom. The van der Waals surface area contributed by atoms with Gasteiger partial charge in [-0.25, -0.2) is 8.78 Å². The molecule has 1 unspecified atom stereocenters. The molecular weight excluding hydrogens is 329 g/mol. The molecule has 1 atom stereocenters. The number of nitrogens with one attached hydrogen (secondary N) is 1. The highest BCUT2D eigenvalue weighted by Crippen LogP contribution is 2.28. The van der Waals surface area contributed by atoms with Crippen LogP contribution in [0.25, 0.3) is 0 Å². The van der Waals surface area contributed by atoms with Crippen molar-refractivity contribution in [2.24, 2.45) is 5.41 Å². The van der Waals surface area contributed by atoms with Gasteiger partial charge in [-0.2, -0.15) is 0 Å². The zero-order valence-electron chi connectivity index (χ0n) is 17.1. The summed E-state index contributed by atoms with van der Waals surface area (Å²) >= 11 is 0. The molecule has 0 aromatic rings. The van der Waals surface area contributed by atoms with Crippen LogP contribution in [0.15, 0.2) is 71.6 Å². The zero-order chi connectivity index (χ0) is 20.8. The molecule has 0 aromatic carbocycles. The smallest absolute Gasteiger partial charge is 0.122 e. The van der Waals surface area contributed by atoms with Gasteiger partial charge in [0.2, 0.25) is 0 Å². The molecule has 0 saturated heterocycles. The lowest BCUT2D eigenvalue weighted by Gasteiger charge is -2.34. The number of allylic oxidation sites excluding steroid dienone is 6. The first-order chi connectivity index (χ1) is 11.7. The Hall–Kier alpha value is -1.88. The van der Waals surface area contributed by atoms with Crippen molar-refractivity contribution in [2.75, 3.05) is 14.1 Å². The van der Waals surface area contributed by atoms with Gasteiger partial charge in [0.25, 0.3) is 0 Å². The first-order valence-corrected chi connectivity index (χ1v) is 8.37. The lowest BCUT2D eigenvalue weighted by molar-refractivity contribution is 0.194. The largest absolute Gasteiger partial charge is 0.359 e. The molecule has 26 heavy (non-hydrogen) atoms. The average Bonchev–Trinajstić information content (AvgIpc) is 2.43. The fourth-order valence-corrected chi connectivity index (χ4v) is 2.57. The predicted molar refractivity (Wildman–Crippen MR) is 110 cm³/mol. The second-order valence-electron chi connectivity index (χ2n) is 7.73. The molecule has 0 spiro atoms. The van der Waals surface area contributed by atoms with E-state index in [0.717, 1.165) is 17.2 Å². The maximum absolute atomic E-state index is 13.8. The summed E-state index contributed by atoms with van der Waals surface area (Å²) in [6.07, 6.45) is 3.20. The molecule has 5 heteroatoms. The summed E-state index contributed by atoms with van der Waals surface area (Å²) in [6.45, 7) is 21.0. The minimum Gasteiger partial charge on any atom is -0.359 e. The highest BCUT2D eigenvalue weighted by Gasteiger charge is 2.25. The van der Waals surface area contributed by atoms with Crippen molar-refractivity contribution < 1.29 is 8.78 Å². The van der Waals surface area contributed by atoms with Gasteiger partial charge < -0.3 is 10.2 Å². The first-order valence-electron chi connectivity index (χ1n) is 8.37. The SMILES string of the molecule is [B]/C(C(=C)F)=C(F)/C=C(\C)NC(=C)/C(=C/C(N(C)C)C(C)(C)C)C(=C)C. The lowest BCUT2D eigenvalue weighted by atomic mass is 9.84. The first kappa shape index (κ1) is 24.1. The molecule has 0 aliphatic rings. The molecule has 142 valence electrons. The molecule has 0 amide bonds.